The van der Waals surface area contributed by atoms with Gasteiger partial charge in [0.15, 0.2) is 5.41 Å². The minimum atomic E-state index is -1.24. The zero-order valence-electron chi connectivity index (χ0n) is 12.1. The summed E-state index contributed by atoms with van der Waals surface area (Å²) in [5.41, 5.74) is -0.741. The highest BCUT2D eigenvalue weighted by atomic mass is 16.7. The molecule has 0 radical (unpaired) electrons. The Morgan fingerprint density at radius 1 is 1.10 bits per heavy atom. The molecule has 108 valence electrons. The van der Waals surface area contributed by atoms with Gasteiger partial charge >= 0.3 is 11.9 Å². The maximum atomic E-state index is 12.3. The summed E-state index contributed by atoms with van der Waals surface area (Å²) in [6, 6.07) is 9.81. The average molecular weight is 276 g/mol. The lowest BCUT2D eigenvalue weighted by Gasteiger charge is -2.44. The molecule has 0 atom stereocenters. The lowest BCUT2D eigenvalue weighted by Crippen LogP contribution is -2.55. The smallest absolute Gasteiger partial charge is 0.326 e. The highest BCUT2D eigenvalue weighted by molar-refractivity contribution is 6.02. The molecular formula is C16H20O4. The number of ether oxygens (including phenoxy) is 2. The van der Waals surface area contributed by atoms with Crippen LogP contribution in [-0.4, -0.2) is 18.7 Å². The maximum absolute atomic E-state index is 12.3. The Morgan fingerprint density at radius 2 is 1.65 bits per heavy atom. The van der Waals surface area contributed by atoms with E-state index in [1.807, 2.05) is 51.1 Å². The van der Waals surface area contributed by atoms with Crippen molar-refractivity contribution >= 4 is 11.9 Å². The second-order valence-electron chi connectivity index (χ2n) is 5.79. The van der Waals surface area contributed by atoms with Gasteiger partial charge in [-0.25, -0.2) is 0 Å². The van der Waals surface area contributed by atoms with E-state index in [4.69, 9.17) is 9.47 Å². The minimum Gasteiger partial charge on any atom is -0.427 e. The number of rotatable bonds is 4. The van der Waals surface area contributed by atoms with E-state index >= 15 is 0 Å². The Bertz CT molecular complexity index is 488. The first-order valence-corrected chi connectivity index (χ1v) is 6.82. The number of carbonyl (C=O) groups is 2. The molecule has 4 nitrogen and oxygen atoms in total. The summed E-state index contributed by atoms with van der Waals surface area (Å²) in [4.78, 5) is 24.5. The Hall–Kier alpha value is -1.84. The standard InChI is InChI=1S/C16H20O4/c1-4-16(13(17)19-11-20-14(16)18)15(2,3)10-12-8-6-5-7-9-12/h5-9H,4,10-11H2,1-3H3. The number of carbonyl (C=O) groups excluding carboxylic acids is 2. The predicted molar refractivity (Wildman–Crippen MR) is 73.7 cm³/mol. The average Bonchev–Trinajstić information content (AvgIpc) is 2.39. The number of cyclic esters (lactones) is 2. The van der Waals surface area contributed by atoms with Crippen molar-refractivity contribution in [1.29, 1.82) is 0 Å². The predicted octanol–water partition coefficient (Wildman–Crippen LogP) is 2.71. The topological polar surface area (TPSA) is 52.6 Å². The Balaban J connectivity index is 2.38. The molecule has 1 aromatic rings. The van der Waals surface area contributed by atoms with Crippen LogP contribution in [0, 0.1) is 10.8 Å². The van der Waals surface area contributed by atoms with Crippen LogP contribution in [0.1, 0.15) is 32.8 Å². The zero-order valence-corrected chi connectivity index (χ0v) is 12.1. The molecule has 0 spiro atoms. The summed E-state index contributed by atoms with van der Waals surface area (Å²) in [5, 5.41) is 0. The molecule has 20 heavy (non-hydrogen) atoms. The number of hydrogen-bond donors (Lipinski definition) is 0. The largest absolute Gasteiger partial charge is 0.427 e. The molecule has 0 saturated carbocycles. The molecule has 0 aromatic heterocycles. The van der Waals surface area contributed by atoms with Crippen molar-refractivity contribution in [2.45, 2.75) is 33.6 Å². The third-order valence-corrected chi connectivity index (χ3v) is 4.25. The fourth-order valence-electron chi connectivity index (χ4n) is 3.04. The van der Waals surface area contributed by atoms with E-state index in [1.165, 1.54) is 0 Å². The van der Waals surface area contributed by atoms with Gasteiger partial charge in [-0.3, -0.25) is 9.59 Å². The van der Waals surface area contributed by atoms with Crippen LogP contribution >= 0.6 is 0 Å². The van der Waals surface area contributed by atoms with Gasteiger partial charge in [-0.05, 0) is 23.8 Å². The molecule has 0 N–H and O–H groups in total. The van der Waals surface area contributed by atoms with Gasteiger partial charge in [0, 0.05) is 0 Å². The molecule has 0 amide bonds. The summed E-state index contributed by atoms with van der Waals surface area (Å²) in [6.07, 6.45) is 0.969. The van der Waals surface area contributed by atoms with E-state index in [0.717, 1.165) is 5.56 Å². The molecule has 0 unspecified atom stereocenters. The maximum Gasteiger partial charge on any atom is 0.326 e. The summed E-state index contributed by atoms with van der Waals surface area (Å²) < 4.78 is 9.99. The molecule has 0 aliphatic carbocycles. The fraction of sp³-hybridized carbons (Fsp3) is 0.500. The molecule has 1 aliphatic heterocycles. The highest BCUT2D eigenvalue weighted by Gasteiger charge is 2.59. The van der Waals surface area contributed by atoms with Gasteiger partial charge in [-0.2, -0.15) is 0 Å². The van der Waals surface area contributed by atoms with Crippen LogP contribution in [0.3, 0.4) is 0 Å². The number of hydrogen-bond acceptors (Lipinski definition) is 4. The van der Waals surface area contributed by atoms with E-state index in [9.17, 15) is 9.59 Å². The summed E-state index contributed by atoms with van der Waals surface area (Å²) in [5.74, 6) is -0.950. The van der Waals surface area contributed by atoms with Crippen molar-refractivity contribution < 1.29 is 19.1 Å². The molecule has 1 aliphatic rings. The lowest BCUT2D eigenvalue weighted by molar-refractivity contribution is -0.212. The van der Waals surface area contributed by atoms with Crippen LogP contribution in [0.2, 0.25) is 0 Å². The molecule has 1 fully saturated rings. The van der Waals surface area contributed by atoms with Crippen molar-refractivity contribution in [2.24, 2.45) is 10.8 Å². The molecule has 1 saturated heterocycles. The van der Waals surface area contributed by atoms with Crippen molar-refractivity contribution in [1.82, 2.24) is 0 Å². The summed E-state index contributed by atoms with van der Waals surface area (Å²) in [7, 11) is 0. The van der Waals surface area contributed by atoms with E-state index in [0.29, 0.717) is 12.8 Å². The van der Waals surface area contributed by atoms with Crippen LogP contribution in [0.5, 0.6) is 0 Å². The van der Waals surface area contributed by atoms with Crippen LogP contribution in [-0.2, 0) is 25.5 Å². The molecule has 0 bridgehead atoms. The van der Waals surface area contributed by atoms with Gasteiger partial charge in [-0.1, -0.05) is 51.1 Å². The van der Waals surface area contributed by atoms with Gasteiger partial charge < -0.3 is 9.47 Å². The van der Waals surface area contributed by atoms with Crippen molar-refractivity contribution in [2.75, 3.05) is 6.79 Å². The minimum absolute atomic E-state index is 0.277. The monoisotopic (exact) mass is 276 g/mol. The Morgan fingerprint density at radius 3 is 2.15 bits per heavy atom. The lowest BCUT2D eigenvalue weighted by atomic mass is 9.61. The third-order valence-electron chi connectivity index (χ3n) is 4.25. The second kappa shape index (κ2) is 5.27. The summed E-state index contributed by atoms with van der Waals surface area (Å²) >= 11 is 0. The first kappa shape index (κ1) is 14.6. The number of esters is 2. The van der Waals surface area contributed by atoms with Gasteiger partial charge in [0.2, 0.25) is 6.79 Å². The highest BCUT2D eigenvalue weighted by Crippen LogP contribution is 2.47. The molecule has 1 heterocycles. The molecule has 2 rings (SSSR count). The van der Waals surface area contributed by atoms with Crippen molar-refractivity contribution in [3.05, 3.63) is 35.9 Å². The van der Waals surface area contributed by atoms with E-state index in [-0.39, 0.29) is 6.79 Å². The normalized spacial score (nSPS) is 18.4. The van der Waals surface area contributed by atoms with Crippen LogP contribution in [0.15, 0.2) is 30.3 Å². The zero-order chi connectivity index (χ0) is 14.8. The Labute approximate surface area is 119 Å². The fourth-order valence-corrected chi connectivity index (χ4v) is 3.04. The number of benzene rings is 1. The SMILES string of the molecule is CCC1(C(C)(C)Cc2ccccc2)C(=O)OCOC1=O. The van der Waals surface area contributed by atoms with E-state index in [2.05, 4.69) is 0 Å². The summed E-state index contributed by atoms with van der Waals surface area (Å²) in [6.45, 7) is 5.37. The van der Waals surface area contributed by atoms with E-state index in [1.54, 1.807) is 0 Å². The van der Waals surface area contributed by atoms with Crippen LogP contribution < -0.4 is 0 Å². The quantitative estimate of drug-likeness (QED) is 0.626. The Kier molecular flexibility index (Phi) is 3.84. The molecular weight excluding hydrogens is 256 g/mol. The van der Waals surface area contributed by atoms with E-state index < -0.39 is 22.8 Å². The molecule has 4 heteroatoms. The van der Waals surface area contributed by atoms with Crippen molar-refractivity contribution in [3.63, 3.8) is 0 Å². The van der Waals surface area contributed by atoms with Gasteiger partial charge in [0.25, 0.3) is 0 Å². The van der Waals surface area contributed by atoms with Crippen LogP contribution in [0.4, 0.5) is 0 Å². The first-order valence-electron chi connectivity index (χ1n) is 6.82. The van der Waals surface area contributed by atoms with Crippen LogP contribution in [0.25, 0.3) is 0 Å². The first-order chi connectivity index (χ1) is 9.44. The van der Waals surface area contributed by atoms with Crippen molar-refractivity contribution in [3.8, 4) is 0 Å². The van der Waals surface area contributed by atoms with Gasteiger partial charge in [0.05, 0.1) is 0 Å². The molecule has 1 aromatic carbocycles. The van der Waals surface area contributed by atoms with Gasteiger partial charge in [0.1, 0.15) is 0 Å². The third kappa shape index (κ3) is 2.19. The second-order valence-corrected chi connectivity index (χ2v) is 5.79. The van der Waals surface area contributed by atoms with Gasteiger partial charge in [-0.15, -0.1) is 0 Å².